The van der Waals surface area contributed by atoms with Gasteiger partial charge in [0.05, 0.1) is 13.2 Å². The highest BCUT2D eigenvalue weighted by Crippen LogP contribution is 2.43. The summed E-state index contributed by atoms with van der Waals surface area (Å²) in [6.45, 7) is 3.17. The standard InChI is InChI=1S/C11H18NO3P/c1-3-14-16(13,15-4-2)12-10-11-8-6-5-7-9-11/h5-9H,3-4,10H2,1-2H3,(H,12,13)/i10D/t10-/m1/s1. The van der Waals surface area contributed by atoms with E-state index in [-0.39, 0.29) is 13.2 Å². The topological polar surface area (TPSA) is 47.6 Å². The number of hydrogen-bond donors (Lipinski definition) is 1. The molecule has 0 saturated carbocycles. The molecule has 4 nitrogen and oxygen atoms in total. The minimum absolute atomic E-state index is 0.270. The summed E-state index contributed by atoms with van der Waals surface area (Å²) in [6, 6.07) is 9.08. The van der Waals surface area contributed by atoms with Gasteiger partial charge in [0.1, 0.15) is 0 Å². The van der Waals surface area contributed by atoms with Gasteiger partial charge in [0.25, 0.3) is 0 Å². The Hall–Kier alpha value is -0.670. The average Bonchev–Trinajstić information content (AvgIpc) is 2.30. The van der Waals surface area contributed by atoms with E-state index in [9.17, 15) is 4.57 Å². The summed E-state index contributed by atoms with van der Waals surface area (Å²) in [5, 5.41) is 2.59. The zero-order chi connectivity index (χ0) is 12.7. The van der Waals surface area contributed by atoms with Crippen molar-refractivity contribution < 1.29 is 15.0 Å². The Balaban J connectivity index is 2.71. The van der Waals surface area contributed by atoms with Gasteiger partial charge in [-0.3, -0.25) is 9.05 Å². The Bertz CT molecular complexity index is 364. The first-order chi connectivity index (χ1) is 8.11. The van der Waals surface area contributed by atoms with E-state index >= 15 is 0 Å². The lowest BCUT2D eigenvalue weighted by molar-refractivity contribution is 0.210. The third-order valence-corrected chi connectivity index (χ3v) is 3.43. The molecule has 1 N–H and O–H groups in total. The van der Waals surface area contributed by atoms with Crippen LogP contribution in [0.5, 0.6) is 0 Å². The van der Waals surface area contributed by atoms with Crippen molar-refractivity contribution in [2.45, 2.75) is 20.4 Å². The van der Waals surface area contributed by atoms with Crippen LogP contribution in [0.25, 0.3) is 0 Å². The second kappa shape index (κ2) is 6.81. The van der Waals surface area contributed by atoms with Crippen molar-refractivity contribution in [1.29, 1.82) is 0 Å². The minimum atomic E-state index is -3.38. The molecule has 16 heavy (non-hydrogen) atoms. The third kappa shape index (κ3) is 4.45. The van der Waals surface area contributed by atoms with Crippen LogP contribution in [0.1, 0.15) is 20.8 Å². The molecule has 0 aliphatic carbocycles. The highest BCUT2D eigenvalue weighted by atomic mass is 31.2. The van der Waals surface area contributed by atoms with Crippen molar-refractivity contribution in [2.24, 2.45) is 0 Å². The van der Waals surface area contributed by atoms with Crippen molar-refractivity contribution in [3.8, 4) is 0 Å². The second-order valence-electron chi connectivity index (χ2n) is 3.02. The molecule has 0 aliphatic heterocycles. The van der Waals surface area contributed by atoms with Crippen molar-refractivity contribution in [2.75, 3.05) is 13.2 Å². The van der Waals surface area contributed by atoms with Gasteiger partial charge >= 0.3 is 7.75 Å². The molecule has 90 valence electrons. The van der Waals surface area contributed by atoms with Gasteiger partial charge in [0, 0.05) is 7.89 Å². The van der Waals surface area contributed by atoms with E-state index in [1.165, 1.54) is 0 Å². The van der Waals surface area contributed by atoms with Crippen LogP contribution in [0.15, 0.2) is 30.3 Å². The molecule has 0 unspecified atom stereocenters. The van der Waals surface area contributed by atoms with E-state index < -0.39 is 14.3 Å². The summed E-state index contributed by atoms with van der Waals surface area (Å²) >= 11 is 0. The molecule has 0 amide bonds. The molecule has 0 fully saturated rings. The molecule has 1 aromatic rings. The molecule has 0 saturated heterocycles. The van der Waals surface area contributed by atoms with Gasteiger partial charge in [-0.25, -0.2) is 9.65 Å². The van der Waals surface area contributed by atoms with Crippen LogP contribution >= 0.6 is 7.75 Å². The molecule has 1 aromatic carbocycles. The molecule has 0 spiro atoms. The zero-order valence-corrected chi connectivity index (χ0v) is 10.4. The molecule has 0 aromatic heterocycles. The second-order valence-corrected chi connectivity index (χ2v) is 4.79. The normalized spacial score (nSPS) is 14.5. The quantitative estimate of drug-likeness (QED) is 0.749. The maximum absolute atomic E-state index is 12.1. The molecule has 1 atom stereocenters. The lowest BCUT2D eigenvalue weighted by Crippen LogP contribution is -2.14. The van der Waals surface area contributed by atoms with Crippen molar-refractivity contribution in [1.82, 2.24) is 5.09 Å². The third-order valence-electron chi connectivity index (χ3n) is 1.79. The number of rotatable bonds is 7. The highest BCUT2D eigenvalue weighted by Gasteiger charge is 2.22. The van der Waals surface area contributed by atoms with Crippen LogP contribution in [0, 0.1) is 0 Å². The minimum Gasteiger partial charge on any atom is -0.297 e. The molecule has 5 heteroatoms. The lowest BCUT2D eigenvalue weighted by atomic mass is 10.2. The first kappa shape index (κ1) is 11.8. The van der Waals surface area contributed by atoms with E-state index in [1.54, 1.807) is 26.0 Å². The first-order valence-corrected chi connectivity index (χ1v) is 6.79. The Kier molecular flexibility index (Phi) is 5.03. The molecule has 1 rings (SSSR count). The van der Waals surface area contributed by atoms with E-state index in [1.807, 2.05) is 18.2 Å². The Labute approximate surface area is 98.0 Å². The molecule has 0 aliphatic rings. The van der Waals surface area contributed by atoms with Gasteiger partial charge in [0.15, 0.2) is 0 Å². The van der Waals surface area contributed by atoms with Crippen LogP contribution in [0.4, 0.5) is 0 Å². The van der Waals surface area contributed by atoms with E-state index in [0.717, 1.165) is 0 Å². The maximum atomic E-state index is 12.1. The van der Waals surface area contributed by atoms with Crippen LogP contribution in [-0.4, -0.2) is 13.2 Å². The fourth-order valence-electron chi connectivity index (χ4n) is 1.15. The predicted octanol–water partition coefficient (Wildman–Crippen LogP) is 2.96. The summed E-state index contributed by atoms with van der Waals surface area (Å²) < 4.78 is 30.1. The fourth-order valence-corrected chi connectivity index (χ4v) is 2.37. The summed E-state index contributed by atoms with van der Waals surface area (Å²) in [4.78, 5) is 0. The first-order valence-electron chi connectivity index (χ1n) is 5.83. The number of hydrogen-bond acceptors (Lipinski definition) is 3. The van der Waals surface area contributed by atoms with Crippen LogP contribution < -0.4 is 5.09 Å². The van der Waals surface area contributed by atoms with Crippen LogP contribution in [0.2, 0.25) is 0 Å². The summed E-state index contributed by atoms with van der Waals surface area (Å²) in [6.07, 6.45) is 0. The molecule has 0 radical (unpaired) electrons. The van der Waals surface area contributed by atoms with Crippen LogP contribution in [0.3, 0.4) is 0 Å². The fraction of sp³-hybridized carbons (Fsp3) is 0.455. The summed E-state index contributed by atoms with van der Waals surface area (Å²) in [7, 11) is -3.38. The smallest absolute Gasteiger partial charge is 0.297 e. The van der Waals surface area contributed by atoms with Gasteiger partial charge in [-0.1, -0.05) is 30.3 Å². The van der Waals surface area contributed by atoms with Gasteiger partial charge in [-0.15, -0.1) is 0 Å². The van der Waals surface area contributed by atoms with Crippen molar-refractivity contribution in [3.63, 3.8) is 0 Å². The van der Waals surface area contributed by atoms with Crippen LogP contribution in [-0.2, 0) is 20.1 Å². The van der Waals surface area contributed by atoms with Crippen molar-refractivity contribution in [3.05, 3.63) is 35.9 Å². The molecular formula is C11H18NO3P. The monoisotopic (exact) mass is 244 g/mol. The van der Waals surface area contributed by atoms with E-state index in [0.29, 0.717) is 5.56 Å². The number of benzene rings is 1. The van der Waals surface area contributed by atoms with Gasteiger partial charge in [-0.2, -0.15) is 0 Å². The zero-order valence-electron chi connectivity index (χ0n) is 10.6. The summed E-state index contributed by atoms with van der Waals surface area (Å²) in [5.41, 5.74) is 0.715. The van der Waals surface area contributed by atoms with Crippen molar-refractivity contribution >= 4 is 7.75 Å². The summed E-state index contributed by atoms with van der Waals surface area (Å²) in [5.74, 6) is 0. The SMILES string of the molecule is [2H][C@@H](NP(=O)(OCC)OCC)c1ccccc1. The largest absolute Gasteiger partial charge is 0.405 e. The van der Waals surface area contributed by atoms with Gasteiger partial charge in [0.2, 0.25) is 0 Å². The predicted molar refractivity (Wildman–Crippen MR) is 64.1 cm³/mol. The highest BCUT2D eigenvalue weighted by molar-refractivity contribution is 7.51. The Morgan fingerprint density at radius 3 is 2.31 bits per heavy atom. The van der Waals surface area contributed by atoms with E-state index in [2.05, 4.69) is 5.09 Å². The maximum Gasteiger partial charge on any atom is 0.405 e. The van der Waals surface area contributed by atoms with Gasteiger partial charge in [-0.05, 0) is 19.4 Å². The molecular weight excluding hydrogens is 225 g/mol. The molecule has 0 heterocycles. The number of nitrogens with one attached hydrogen (secondary N) is 1. The molecule has 0 bridgehead atoms. The Morgan fingerprint density at radius 1 is 1.25 bits per heavy atom. The Morgan fingerprint density at radius 2 is 1.81 bits per heavy atom. The van der Waals surface area contributed by atoms with Gasteiger partial charge < -0.3 is 0 Å². The average molecular weight is 244 g/mol. The lowest BCUT2D eigenvalue weighted by Gasteiger charge is -2.17. The van der Waals surface area contributed by atoms with E-state index in [4.69, 9.17) is 10.4 Å².